The lowest BCUT2D eigenvalue weighted by Gasteiger charge is -2.09. The zero-order chi connectivity index (χ0) is 19.4. The van der Waals surface area contributed by atoms with Crippen molar-refractivity contribution in [1.82, 2.24) is 14.3 Å². The first-order valence-electron chi connectivity index (χ1n) is 8.48. The van der Waals surface area contributed by atoms with Crippen LogP contribution in [0.1, 0.15) is 17.4 Å². The van der Waals surface area contributed by atoms with Gasteiger partial charge in [0.15, 0.2) is 4.80 Å². The van der Waals surface area contributed by atoms with E-state index in [2.05, 4.69) is 10.1 Å². The number of rotatable bonds is 7. The molecule has 1 aromatic carbocycles. The lowest BCUT2D eigenvalue weighted by molar-refractivity contribution is 0.0987. The molecule has 9 heteroatoms. The van der Waals surface area contributed by atoms with E-state index >= 15 is 0 Å². The number of aromatic nitrogens is 3. The highest BCUT2D eigenvalue weighted by Crippen LogP contribution is 2.35. The van der Waals surface area contributed by atoms with Crippen LogP contribution >= 0.6 is 11.3 Å². The maximum atomic E-state index is 12.7. The Kier molecular flexibility index (Phi) is 5.92. The molecular weight excluding hydrogens is 368 g/mol. The van der Waals surface area contributed by atoms with Gasteiger partial charge in [0.25, 0.3) is 5.91 Å². The molecule has 0 unspecified atom stereocenters. The summed E-state index contributed by atoms with van der Waals surface area (Å²) in [5.41, 5.74) is 1.28. The number of hydrogen-bond donors (Lipinski definition) is 0. The van der Waals surface area contributed by atoms with E-state index in [1.165, 1.54) is 11.3 Å². The first-order chi connectivity index (χ1) is 13.1. The molecule has 0 aliphatic heterocycles. The summed E-state index contributed by atoms with van der Waals surface area (Å²) in [6.07, 6.45) is 1.60. The summed E-state index contributed by atoms with van der Waals surface area (Å²) in [6, 6.07) is 5.36. The van der Waals surface area contributed by atoms with Crippen LogP contribution < -0.4 is 14.3 Å². The van der Waals surface area contributed by atoms with Gasteiger partial charge in [-0.25, -0.2) is 0 Å². The van der Waals surface area contributed by atoms with Crippen LogP contribution in [0.3, 0.4) is 0 Å². The number of aryl methyl sites for hydroxylation is 1. The second-order valence-corrected chi connectivity index (χ2v) is 6.60. The fraction of sp³-hybridized carbons (Fsp3) is 0.389. The molecule has 2 aromatic heterocycles. The van der Waals surface area contributed by atoms with Crippen molar-refractivity contribution in [2.24, 2.45) is 4.99 Å². The van der Waals surface area contributed by atoms with Gasteiger partial charge in [0.1, 0.15) is 27.4 Å². The number of carbonyl (C=O) groups is 1. The largest absolute Gasteiger partial charge is 0.495 e. The van der Waals surface area contributed by atoms with Crippen molar-refractivity contribution in [1.29, 1.82) is 0 Å². The quantitative estimate of drug-likeness (QED) is 0.619. The second kappa shape index (κ2) is 8.36. The number of ether oxygens (including phenoxy) is 3. The molecule has 0 N–H and O–H groups in total. The molecule has 0 aliphatic carbocycles. The molecule has 0 saturated carbocycles. The molecule has 0 spiro atoms. The Bertz CT molecular complexity index is 1020. The Morgan fingerprint density at radius 2 is 1.93 bits per heavy atom. The van der Waals surface area contributed by atoms with Crippen LogP contribution in [-0.4, -0.2) is 48.2 Å². The lowest BCUT2D eigenvalue weighted by atomic mass is 10.3. The zero-order valence-electron chi connectivity index (χ0n) is 15.8. The summed E-state index contributed by atoms with van der Waals surface area (Å²) < 4.78 is 20.7. The number of fused-ring (bicyclic) bond motifs is 1. The highest BCUT2D eigenvalue weighted by molar-refractivity contribution is 7.16. The fourth-order valence-corrected chi connectivity index (χ4v) is 4.00. The van der Waals surface area contributed by atoms with E-state index in [1.54, 1.807) is 38.3 Å². The van der Waals surface area contributed by atoms with Gasteiger partial charge in [0.05, 0.1) is 20.8 Å². The molecule has 27 heavy (non-hydrogen) atoms. The minimum Gasteiger partial charge on any atom is -0.495 e. The minimum absolute atomic E-state index is 0.343. The average molecular weight is 390 g/mol. The van der Waals surface area contributed by atoms with Crippen LogP contribution in [0.5, 0.6) is 11.5 Å². The Morgan fingerprint density at radius 3 is 2.59 bits per heavy atom. The van der Waals surface area contributed by atoms with Gasteiger partial charge in [0.2, 0.25) is 0 Å². The number of thiazole rings is 1. The third-order valence-corrected chi connectivity index (χ3v) is 5.24. The smallest absolute Gasteiger partial charge is 0.297 e. The van der Waals surface area contributed by atoms with Crippen LogP contribution in [0.15, 0.2) is 29.4 Å². The van der Waals surface area contributed by atoms with Gasteiger partial charge in [-0.15, -0.1) is 0 Å². The molecule has 0 fully saturated rings. The van der Waals surface area contributed by atoms with Gasteiger partial charge in [-0.05, 0) is 25.1 Å². The van der Waals surface area contributed by atoms with E-state index in [9.17, 15) is 4.79 Å². The molecule has 2 heterocycles. The topological polar surface area (TPSA) is 79.9 Å². The molecule has 0 aliphatic rings. The van der Waals surface area contributed by atoms with Crippen LogP contribution in [-0.2, 0) is 17.8 Å². The highest BCUT2D eigenvalue weighted by Gasteiger charge is 2.17. The number of carbonyl (C=O) groups excluding carboxylic acids is 1. The van der Waals surface area contributed by atoms with Crippen molar-refractivity contribution in [3.63, 3.8) is 0 Å². The van der Waals surface area contributed by atoms with E-state index in [4.69, 9.17) is 14.2 Å². The first kappa shape index (κ1) is 19.1. The third kappa shape index (κ3) is 3.60. The summed E-state index contributed by atoms with van der Waals surface area (Å²) in [4.78, 5) is 17.7. The van der Waals surface area contributed by atoms with Crippen molar-refractivity contribution in [2.45, 2.75) is 20.0 Å². The number of benzene rings is 1. The SMILES string of the molecule is CCn1nccc1C(=O)N=c1sc2c(OC)ccc(OC)c2n1CCOC. The molecular formula is C18H22N4O4S. The van der Waals surface area contributed by atoms with E-state index < -0.39 is 0 Å². The van der Waals surface area contributed by atoms with Crippen molar-refractivity contribution in [3.05, 3.63) is 34.9 Å². The Morgan fingerprint density at radius 1 is 1.19 bits per heavy atom. The maximum absolute atomic E-state index is 12.7. The number of nitrogens with zero attached hydrogens (tertiary/aromatic N) is 4. The molecule has 3 aromatic rings. The van der Waals surface area contributed by atoms with Crippen molar-refractivity contribution in [2.75, 3.05) is 27.9 Å². The van der Waals surface area contributed by atoms with Crippen molar-refractivity contribution in [3.8, 4) is 11.5 Å². The monoisotopic (exact) mass is 390 g/mol. The van der Waals surface area contributed by atoms with Crippen molar-refractivity contribution < 1.29 is 19.0 Å². The van der Waals surface area contributed by atoms with Crippen LogP contribution in [0.25, 0.3) is 10.2 Å². The Labute approximate surface area is 160 Å². The minimum atomic E-state index is -0.343. The number of methoxy groups -OCH3 is 3. The fourth-order valence-electron chi connectivity index (χ4n) is 2.84. The first-order valence-corrected chi connectivity index (χ1v) is 9.30. The Hall–Kier alpha value is -2.65. The molecule has 8 nitrogen and oxygen atoms in total. The summed E-state index contributed by atoms with van der Waals surface area (Å²) in [7, 11) is 4.86. The van der Waals surface area contributed by atoms with Gasteiger partial charge in [-0.1, -0.05) is 11.3 Å². The molecule has 1 amide bonds. The predicted molar refractivity (Wildman–Crippen MR) is 103 cm³/mol. The number of hydrogen-bond acceptors (Lipinski definition) is 6. The van der Waals surface area contributed by atoms with Gasteiger partial charge in [-0.2, -0.15) is 10.1 Å². The van der Waals surface area contributed by atoms with Gasteiger partial charge < -0.3 is 18.8 Å². The van der Waals surface area contributed by atoms with Gasteiger partial charge in [0, 0.05) is 26.4 Å². The molecule has 0 saturated heterocycles. The summed E-state index contributed by atoms with van der Waals surface area (Å²) in [6.45, 7) is 3.53. The van der Waals surface area contributed by atoms with E-state index in [-0.39, 0.29) is 5.91 Å². The standard InChI is InChI=1S/C18H22N4O4S/c1-5-22-12(8-9-19-22)17(23)20-18-21(10-11-24-2)15-13(25-3)6-7-14(26-4)16(15)27-18/h6-9H,5,10-11H2,1-4H3. The van der Waals surface area contributed by atoms with Crippen LogP contribution in [0.2, 0.25) is 0 Å². The van der Waals surface area contributed by atoms with Gasteiger partial charge in [-0.3, -0.25) is 9.48 Å². The Balaban J connectivity index is 2.23. The molecule has 0 radical (unpaired) electrons. The van der Waals surface area contributed by atoms with Gasteiger partial charge >= 0.3 is 0 Å². The lowest BCUT2D eigenvalue weighted by Crippen LogP contribution is -2.20. The van der Waals surface area contributed by atoms with E-state index in [1.807, 2.05) is 23.6 Å². The average Bonchev–Trinajstić information content (AvgIpc) is 3.30. The highest BCUT2D eigenvalue weighted by atomic mass is 32.1. The third-order valence-electron chi connectivity index (χ3n) is 4.14. The predicted octanol–water partition coefficient (Wildman–Crippen LogP) is 2.32. The summed E-state index contributed by atoms with van der Waals surface area (Å²) >= 11 is 1.38. The van der Waals surface area contributed by atoms with E-state index in [0.717, 1.165) is 10.2 Å². The molecule has 0 atom stereocenters. The zero-order valence-corrected chi connectivity index (χ0v) is 16.6. The molecule has 144 valence electrons. The normalized spacial score (nSPS) is 11.9. The molecule has 3 rings (SSSR count). The van der Waals surface area contributed by atoms with Crippen LogP contribution in [0, 0.1) is 0 Å². The van der Waals surface area contributed by atoms with E-state index in [0.29, 0.717) is 41.7 Å². The molecule has 0 bridgehead atoms. The summed E-state index contributed by atoms with van der Waals surface area (Å²) in [5, 5.41) is 4.14. The second-order valence-electron chi connectivity index (χ2n) is 5.63. The summed E-state index contributed by atoms with van der Waals surface area (Å²) in [5.74, 6) is 1.05. The van der Waals surface area contributed by atoms with Crippen LogP contribution in [0.4, 0.5) is 0 Å². The number of amides is 1. The maximum Gasteiger partial charge on any atom is 0.297 e. The van der Waals surface area contributed by atoms with Crippen molar-refractivity contribution >= 4 is 27.5 Å².